The zero-order valence-corrected chi connectivity index (χ0v) is 9.59. The first kappa shape index (κ1) is 11.3. The van der Waals surface area contributed by atoms with Gasteiger partial charge >= 0.3 is 0 Å². The summed E-state index contributed by atoms with van der Waals surface area (Å²) in [5.41, 5.74) is 0.937. The summed E-state index contributed by atoms with van der Waals surface area (Å²) in [4.78, 5) is 19.8. The summed E-state index contributed by atoms with van der Waals surface area (Å²) in [6, 6.07) is 5.77. The van der Waals surface area contributed by atoms with Gasteiger partial charge in [0, 0.05) is 11.6 Å². The number of fused-ring (bicyclic) bond motifs is 1. The number of anilines is 1. The van der Waals surface area contributed by atoms with Gasteiger partial charge in [-0.2, -0.15) is 10.1 Å². The minimum Gasteiger partial charge on any atom is -0.291 e. The maximum absolute atomic E-state index is 13.1. The number of amides is 1. The summed E-state index contributed by atoms with van der Waals surface area (Å²) in [5.74, 6) is -0.526. The lowest BCUT2D eigenvalue weighted by atomic mass is 10.1. The Kier molecular flexibility index (Phi) is 2.64. The molecule has 0 bridgehead atoms. The Bertz CT molecular complexity index is 741. The lowest BCUT2D eigenvalue weighted by Crippen LogP contribution is -2.13. The van der Waals surface area contributed by atoms with Gasteiger partial charge < -0.3 is 0 Å². The summed E-state index contributed by atoms with van der Waals surface area (Å²) in [6.45, 7) is 0. The Hall–Kier alpha value is -2.83. The van der Waals surface area contributed by atoms with Gasteiger partial charge in [-0.1, -0.05) is 0 Å². The number of carbonyl (C=O) groups excluding carboxylic acids is 1. The van der Waals surface area contributed by atoms with Crippen LogP contribution in [0.25, 0.3) is 10.9 Å². The minimum atomic E-state index is -0.393. The van der Waals surface area contributed by atoms with Gasteiger partial charge in [-0.3, -0.25) is 15.1 Å². The van der Waals surface area contributed by atoms with Gasteiger partial charge in [0.15, 0.2) is 0 Å². The summed E-state index contributed by atoms with van der Waals surface area (Å²) in [7, 11) is 0. The third kappa shape index (κ3) is 2.25. The van der Waals surface area contributed by atoms with Gasteiger partial charge in [-0.25, -0.2) is 9.49 Å². The zero-order chi connectivity index (χ0) is 13.2. The number of rotatable bonds is 2. The van der Waals surface area contributed by atoms with Gasteiger partial charge in [0.1, 0.15) is 12.1 Å². The minimum absolute atomic E-state index is 0.240. The van der Waals surface area contributed by atoms with Gasteiger partial charge in [0.25, 0.3) is 5.91 Å². The molecule has 0 spiro atoms. The molecule has 2 heterocycles. The second-order valence-electron chi connectivity index (χ2n) is 3.85. The molecule has 1 amide bonds. The first-order chi connectivity index (χ1) is 9.22. The lowest BCUT2D eigenvalue weighted by Gasteiger charge is -2.03. The molecule has 94 valence electrons. The quantitative estimate of drug-likeness (QED) is 0.732. The van der Waals surface area contributed by atoms with E-state index in [1.165, 1.54) is 24.7 Å². The molecule has 0 aliphatic carbocycles. The van der Waals surface area contributed by atoms with E-state index in [4.69, 9.17) is 0 Å². The van der Waals surface area contributed by atoms with Crippen molar-refractivity contribution in [1.82, 2.24) is 20.2 Å². The molecule has 0 fully saturated rings. The fraction of sp³-hybridized carbons (Fsp3) is 0. The lowest BCUT2D eigenvalue weighted by molar-refractivity contribution is 0.102. The molecule has 7 heteroatoms. The molecule has 0 saturated heterocycles. The molecule has 2 aromatic heterocycles. The number of hydrogen-bond acceptors (Lipinski definition) is 4. The van der Waals surface area contributed by atoms with Crippen molar-refractivity contribution in [3.05, 3.63) is 48.2 Å². The highest BCUT2D eigenvalue weighted by molar-refractivity contribution is 6.04. The molecular weight excluding hydrogens is 249 g/mol. The monoisotopic (exact) mass is 257 g/mol. The van der Waals surface area contributed by atoms with E-state index in [2.05, 4.69) is 25.5 Å². The van der Waals surface area contributed by atoms with E-state index in [-0.39, 0.29) is 11.8 Å². The van der Waals surface area contributed by atoms with E-state index in [0.717, 1.165) is 0 Å². The van der Waals surface area contributed by atoms with Crippen molar-refractivity contribution >= 4 is 22.8 Å². The van der Waals surface area contributed by atoms with E-state index in [9.17, 15) is 9.18 Å². The maximum atomic E-state index is 13.1. The number of nitrogens with one attached hydrogen (secondary N) is 2. The number of halogens is 1. The molecule has 2 N–H and O–H groups in total. The molecule has 0 aliphatic rings. The first-order valence-electron chi connectivity index (χ1n) is 5.44. The van der Waals surface area contributed by atoms with Crippen LogP contribution in [0.3, 0.4) is 0 Å². The van der Waals surface area contributed by atoms with Crippen molar-refractivity contribution in [1.29, 1.82) is 0 Å². The van der Waals surface area contributed by atoms with Crippen molar-refractivity contribution < 1.29 is 9.18 Å². The molecule has 6 nitrogen and oxygen atoms in total. The number of hydrogen-bond donors (Lipinski definition) is 2. The Labute approximate surface area is 106 Å². The van der Waals surface area contributed by atoms with Crippen LogP contribution in [-0.2, 0) is 0 Å². The van der Waals surface area contributed by atoms with Crippen molar-refractivity contribution in [2.24, 2.45) is 0 Å². The smallest absolute Gasteiger partial charge is 0.259 e. The van der Waals surface area contributed by atoms with Crippen molar-refractivity contribution in [2.75, 3.05) is 5.32 Å². The second-order valence-corrected chi connectivity index (χ2v) is 3.85. The van der Waals surface area contributed by atoms with E-state index >= 15 is 0 Å². The van der Waals surface area contributed by atoms with Gasteiger partial charge in [0.05, 0.1) is 11.1 Å². The largest absolute Gasteiger partial charge is 0.291 e. The molecule has 0 atom stereocenters. The third-order valence-electron chi connectivity index (χ3n) is 2.55. The van der Waals surface area contributed by atoms with Gasteiger partial charge in [-0.15, -0.1) is 0 Å². The van der Waals surface area contributed by atoms with Crippen LogP contribution in [0.2, 0.25) is 0 Å². The van der Waals surface area contributed by atoms with Crippen LogP contribution in [0, 0.1) is 5.82 Å². The topological polar surface area (TPSA) is 83.6 Å². The molecule has 1 aromatic carbocycles. The van der Waals surface area contributed by atoms with Crippen molar-refractivity contribution in [3.8, 4) is 0 Å². The normalized spacial score (nSPS) is 10.6. The van der Waals surface area contributed by atoms with Gasteiger partial charge in [-0.05, 0) is 24.3 Å². The van der Waals surface area contributed by atoms with E-state index in [1.807, 2.05) is 0 Å². The second kappa shape index (κ2) is 4.45. The predicted octanol–water partition coefficient (Wildman–Crippen LogP) is 1.74. The molecule has 3 aromatic rings. The molecule has 0 radical (unpaired) electrons. The van der Waals surface area contributed by atoms with Crippen LogP contribution >= 0.6 is 0 Å². The fourth-order valence-electron chi connectivity index (χ4n) is 1.67. The number of nitrogens with zero attached hydrogens (tertiary/aromatic N) is 3. The number of H-pyrrole nitrogens is 1. The molecule has 3 rings (SSSR count). The highest BCUT2D eigenvalue weighted by atomic mass is 19.1. The predicted molar refractivity (Wildman–Crippen MR) is 66.0 cm³/mol. The van der Waals surface area contributed by atoms with Crippen LogP contribution in [0.1, 0.15) is 10.4 Å². The number of aromatic nitrogens is 4. The van der Waals surface area contributed by atoms with Crippen LogP contribution in [0.15, 0.2) is 36.8 Å². The molecule has 19 heavy (non-hydrogen) atoms. The van der Waals surface area contributed by atoms with Crippen molar-refractivity contribution in [2.45, 2.75) is 0 Å². The van der Waals surface area contributed by atoms with E-state index in [1.54, 1.807) is 12.1 Å². The van der Waals surface area contributed by atoms with E-state index in [0.29, 0.717) is 16.5 Å². The fourth-order valence-corrected chi connectivity index (χ4v) is 1.67. The Balaban J connectivity index is 1.94. The Morgan fingerprint density at radius 1 is 1.26 bits per heavy atom. The number of benzene rings is 1. The van der Waals surface area contributed by atoms with Crippen LogP contribution < -0.4 is 5.32 Å². The maximum Gasteiger partial charge on any atom is 0.259 e. The summed E-state index contributed by atoms with van der Waals surface area (Å²) in [6.07, 6.45) is 2.70. The van der Waals surface area contributed by atoms with Gasteiger partial charge in [0.2, 0.25) is 5.95 Å². The Morgan fingerprint density at radius 2 is 2.16 bits per heavy atom. The Morgan fingerprint density at radius 3 is 2.95 bits per heavy atom. The molecular formula is C12H8FN5O. The highest BCUT2D eigenvalue weighted by Crippen LogP contribution is 2.15. The van der Waals surface area contributed by atoms with Crippen molar-refractivity contribution in [3.63, 3.8) is 0 Å². The number of pyridine rings is 1. The van der Waals surface area contributed by atoms with E-state index < -0.39 is 5.91 Å². The summed E-state index contributed by atoms with van der Waals surface area (Å²) >= 11 is 0. The number of carbonyl (C=O) groups is 1. The number of aromatic amines is 1. The third-order valence-corrected chi connectivity index (χ3v) is 2.55. The highest BCUT2D eigenvalue weighted by Gasteiger charge is 2.09. The van der Waals surface area contributed by atoms with Crippen LogP contribution in [0.5, 0.6) is 0 Å². The summed E-state index contributed by atoms with van der Waals surface area (Å²) in [5, 5.41) is 9.20. The van der Waals surface area contributed by atoms with Crippen LogP contribution in [-0.4, -0.2) is 26.1 Å². The zero-order valence-electron chi connectivity index (χ0n) is 9.59. The standard InChI is InChI=1S/C12H8FN5O/c13-9-1-2-10-7(4-9)3-8(5-14-10)11(19)17-12-15-6-16-18-12/h1-6H,(H2,15,16,17,18,19). The first-order valence-corrected chi connectivity index (χ1v) is 5.44. The molecule has 0 unspecified atom stereocenters. The average molecular weight is 257 g/mol. The van der Waals surface area contributed by atoms with Crippen LogP contribution in [0.4, 0.5) is 10.3 Å². The molecule has 0 aliphatic heterocycles. The molecule has 0 saturated carbocycles. The SMILES string of the molecule is O=C(Nc1ncn[nH]1)c1cnc2ccc(F)cc2c1. The summed E-state index contributed by atoms with van der Waals surface area (Å²) < 4.78 is 13.1. The average Bonchev–Trinajstić information content (AvgIpc) is 2.90.